The number of hydrogen-bond donors (Lipinski definition) is 1. The molecule has 90 valence electrons. The van der Waals surface area contributed by atoms with Gasteiger partial charge >= 0.3 is 11.9 Å². The molecular weight excluding hydrogens is 236 g/mol. The zero-order valence-corrected chi connectivity index (χ0v) is 9.38. The zero-order valence-electron chi connectivity index (χ0n) is 9.38. The Balaban J connectivity index is 2.10. The molecule has 2 aromatic heterocycles. The van der Waals surface area contributed by atoms with Crippen molar-refractivity contribution in [1.82, 2.24) is 10.2 Å². The maximum atomic E-state index is 10.6. The van der Waals surface area contributed by atoms with Gasteiger partial charge in [-0.15, -0.1) is 10.2 Å². The topological polar surface area (TPSA) is 89.4 Å². The van der Waals surface area contributed by atoms with Crippen LogP contribution in [0.3, 0.4) is 0 Å². The fourth-order valence-corrected chi connectivity index (χ4v) is 1.68. The van der Waals surface area contributed by atoms with Crippen LogP contribution in [-0.2, 0) is 0 Å². The molecule has 0 aliphatic heterocycles. The lowest BCUT2D eigenvalue weighted by molar-refractivity contribution is 0.0654. The number of furan rings is 1. The van der Waals surface area contributed by atoms with Crippen molar-refractivity contribution in [2.45, 2.75) is 6.92 Å². The van der Waals surface area contributed by atoms with Crippen LogP contribution < -0.4 is 0 Å². The van der Waals surface area contributed by atoms with E-state index in [2.05, 4.69) is 10.2 Å². The van der Waals surface area contributed by atoms with Gasteiger partial charge in [-0.1, -0.05) is 11.6 Å². The molecule has 3 rings (SSSR count). The van der Waals surface area contributed by atoms with Crippen molar-refractivity contribution in [3.8, 4) is 11.7 Å². The molecule has 3 aromatic rings. The molecule has 1 aromatic carbocycles. The summed E-state index contributed by atoms with van der Waals surface area (Å²) in [5.74, 6) is -1.31. The Kier molecular flexibility index (Phi) is 2.16. The Bertz CT molecular complexity index is 741. The molecule has 1 N–H and O–H groups in total. The second-order valence-electron chi connectivity index (χ2n) is 3.87. The third kappa shape index (κ3) is 1.64. The molecule has 6 nitrogen and oxygen atoms in total. The van der Waals surface area contributed by atoms with Crippen molar-refractivity contribution >= 4 is 16.9 Å². The summed E-state index contributed by atoms with van der Waals surface area (Å²) in [6, 6.07) is 7.45. The van der Waals surface area contributed by atoms with Crippen LogP contribution in [-0.4, -0.2) is 21.3 Å². The first-order chi connectivity index (χ1) is 8.63. The van der Waals surface area contributed by atoms with E-state index in [-0.39, 0.29) is 5.89 Å². The Morgan fingerprint density at radius 1 is 1.22 bits per heavy atom. The number of carbonyl (C=O) groups is 1. The highest BCUT2D eigenvalue weighted by Crippen LogP contribution is 2.27. The highest BCUT2D eigenvalue weighted by atomic mass is 16.4. The van der Waals surface area contributed by atoms with Crippen LogP contribution in [0.2, 0.25) is 0 Å². The maximum absolute atomic E-state index is 10.6. The van der Waals surface area contributed by atoms with Gasteiger partial charge in [0.05, 0.1) is 0 Å². The number of aromatic carboxylic acids is 1. The van der Waals surface area contributed by atoms with E-state index in [0.29, 0.717) is 11.3 Å². The van der Waals surface area contributed by atoms with E-state index in [1.54, 1.807) is 6.07 Å². The normalized spacial score (nSPS) is 10.9. The van der Waals surface area contributed by atoms with Gasteiger partial charge in [0.25, 0.3) is 5.89 Å². The van der Waals surface area contributed by atoms with Gasteiger partial charge < -0.3 is 13.9 Å². The average Bonchev–Trinajstić information content (AvgIpc) is 2.93. The SMILES string of the molecule is Cc1ccc2oc(-c3nnc(C(=O)O)o3)cc2c1. The second kappa shape index (κ2) is 3.69. The van der Waals surface area contributed by atoms with Crippen molar-refractivity contribution in [3.63, 3.8) is 0 Å². The molecule has 0 radical (unpaired) electrons. The van der Waals surface area contributed by atoms with Gasteiger partial charge in [0.15, 0.2) is 5.76 Å². The summed E-state index contributed by atoms with van der Waals surface area (Å²) in [6.07, 6.45) is 0. The van der Waals surface area contributed by atoms with E-state index < -0.39 is 11.9 Å². The third-order valence-corrected chi connectivity index (χ3v) is 2.49. The van der Waals surface area contributed by atoms with E-state index in [4.69, 9.17) is 13.9 Å². The summed E-state index contributed by atoms with van der Waals surface area (Å²) in [5.41, 5.74) is 1.79. The number of aromatic nitrogens is 2. The van der Waals surface area contributed by atoms with E-state index in [0.717, 1.165) is 10.9 Å². The Morgan fingerprint density at radius 3 is 2.78 bits per heavy atom. The van der Waals surface area contributed by atoms with Crippen LogP contribution in [0.25, 0.3) is 22.6 Å². The fourth-order valence-electron chi connectivity index (χ4n) is 1.68. The van der Waals surface area contributed by atoms with Crippen LogP contribution >= 0.6 is 0 Å². The van der Waals surface area contributed by atoms with Crippen LogP contribution in [0.15, 0.2) is 33.1 Å². The summed E-state index contributed by atoms with van der Waals surface area (Å²) >= 11 is 0. The summed E-state index contributed by atoms with van der Waals surface area (Å²) in [7, 11) is 0. The van der Waals surface area contributed by atoms with E-state index in [1.807, 2.05) is 25.1 Å². The lowest BCUT2D eigenvalue weighted by Gasteiger charge is -1.89. The van der Waals surface area contributed by atoms with Gasteiger partial charge in [0.1, 0.15) is 5.58 Å². The van der Waals surface area contributed by atoms with E-state index in [1.165, 1.54) is 0 Å². The molecule has 18 heavy (non-hydrogen) atoms. The van der Waals surface area contributed by atoms with Crippen molar-refractivity contribution < 1.29 is 18.7 Å². The summed E-state index contributed by atoms with van der Waals surface area (Å²) < 4.78 is 10.5. The van der Waals surface area contributed by atoms with Gasteiger partial charge in [0.2, 0.25) is 0 Å². The minimum atomic E-state index is -1.26. The molecule has 0 aliphatic carbocycles. The minimum Gasteiger partial charge on any atom is -0.474 e. The molecule has 0 aliphatic rings. The first-order valence-corrected chi connectivity index (χ1v) is 5.21. The largest absolute Gasteiger partial charge is 0.474 e. The molecule has 0 fully saturated rings. The summed E-state index contributed by atoms with van der Waals surface area (Å²) in [5, 5.41) is 16.6. The first-order valence-electron chi connectivity index (χ1n) is 5.21. The van der Waals surface area contributed by atoms with Gasteiger partial charge in [-0.05, 0) is 25.1 Å². The van der Waals surface area contributed by atoms with Gasteiger partial charge in [-0.2, -0.15) is 0 Å². The number of carboxylic acids is 1. The summed E-state index contributed by atoms with van der Waals surface area (Å²) in [4.78, 5) is 10.6. The highest BCUT2D eigenvalue weighted by molar-refractivity contribution is 5.83. The van der Waals surface area contributed by atoms with Crippen LogP contribution in [0.4, 0.5) is 0 Å². The Morgan fingerprint density at radius 2 is 2.06 bits per heavy atom. The third-order valence-electron chi connectivity index (χ3n) is 2.49. The molecule has 0 unspecified atom stereocenters. The molecule has 0 spiro atoms. The molecule has 0 saturated heterocycles. The number of benzene rings is 1. The molecule has 0 amide bonds. The van der Waals surface area contributed by atoms with E-state index >= 15 is 0 Å². The Labute approximate surface area is 101 Å². The molecular formula is C12H8N2O4. The fraction of sp³-hybridized carbons (Fsp3) is 0.0833. The number of hydrogen-bond acceptors (Lipinski definition) is 5. The smallest absolute Gasteiger partial charge is 0.393 e. The molecule has 2 heterocycles. The lowest BCUT2D eigenvalue weighted by atomic mass is 10.2. The molecule has 6 heteroatoms. The van der Waals surface area contributed by atoms with Gasteiger partial charge in [0, 0.05) is 5.39 Å². The monoisotopic (exact) mass is 244 g/mol. The van der Waals surface area contributed by atoms with Crippen molar-refractivity contribution in [2.75, 3.05) is 0 Å². The summed E-state index contributed by atoms with van der Waals surface area (Å²) in [6.45, 7) is 1.97. The molecule has 0 atom stereocenters. The Hall–Kier alpha value is -2.63. The maximum Gasteiger partial charge on any atom is 0.393 e. The van der Waals surface area contributed by atoms with Gasteiger partial charge in [-0.25, -0.2) is 4.79 Å². The van der Waals surface area contributed by atoms with Gasteiger partial charge in [-0.3, -0.25) is 0 Å². The van der Waals surface area contributed by atoms with Crippen LogP contribution in [0.5, 0.6) is 0 Å². The first kappa shape index (κ1) is 10.5. The number of carboxylic acid groups (broad SMARTS) is 1. The average molecular weight is 244 g/mol. The lowest BCUT2D eigenvalue weighted by Crippen LogP contribution is -1.95. The second-order valence-corrected chi connectivity index (χ2v) is 3.87. The van der Waals surface area contributed by atoms with Crippen molar-refractivity contribution in [2.24, 2.45) is 0 Å². The van der Waals surface area contributed by atoms with Crippen molar-refractivity contribution in [3.05, 3.63) is 35.7 Å². The molecule has 0 bridgehead atoms. The standard InChI is InChI=1S/C12H8N2O4/c1-6-2-3-8-7(4-6)5-9(17-8)10-13-14-11(18-10)12(15)16/h2-5H,1H3,(H,15,16). The number of rotatable bonds is 2. The predicted octanol–water partition coefficient (Wildman–Crippen LogP) is 2.49. The van der Waals surface area contributed by atoms with Crippen molar-refractivity contribution in [1.29, 1.82) is 0 Å². The highest BCUT2D eigenvalue weighted by Gasteiger charge is 2.17. The van der Waals surface area contributed by atoms with Crippen LogP contribution in [0.1, 0.15) is 16.2 Å². The number of nitrogens with zero attached hydrogens (tertiary/aromatic N) is 2. The van der Waals surface area contributed by atoms with E-state index in [9.17, 15) is 4.79 Å². The number of fused-ring (bicyclic) bond motifs is 1. The van der Waals surface area contributed by atoms with Crippen LogP contribution in [0, 0.1) is 6.92 Å². The number of aryl methyl sites for hydroxylation is 1. The minimum absolute atomic E-state index is 0.0567. The predicted molar refractivity (Wildman–Crippen MR) is 61.2 cm³/mol. The quantitative estimate of drug-likeness (QED) is 0.744. The zero-order chi connectivity index (χ0) is 12.7. The molecule has 0 saturated carbocycles.